The number of nitrogens with one attached hydrogen (secondary N) is 4. The molecular weight excluding hydrogens is 476 g/mol. The van der Waals surface area contributed by atoms with E-state index in [-0.39, 0.29) is 52.5 Å². The van der Waals surface area contributed by atoms with E-state index in [1.54, 1.807) is 24.3 Å². The maximum atomic E-state index is 12.7. The monoisotopic (exact) mass is 508 g/mol. The molecule has 0 radical (unpaired) electrons. The highest BCUT2D eigenvalue weighted by Gasteiger charge is 2.21. The molecule has 15 heteroatoms. The lowest BCUT2D eigenvalue weighted by molar-refractivity contribution is -0.133. The molecule has 0 bridgehead atoms. The lowest BCUT2D eigenvalue weighted by Crippen LogP contribution is -2.46. The van der Waals surface area contributed by atoms with Crippen LogP contribution in [0.3, 0.4) is 0 Å². The van der Waals surface area contributed by atoms with Crippen molar-refractivity contribution in [1.29, 1.82) is 0 Å². The summed E-state index contributed by atoms with van der Waals surface area (Å²) in [6.45, 7) is 0.115. The number of carbonyl (C=O) groups excluding carboxylic acids is 4. The van der Waals surface area contributed by atoms with Gasteiger partial charge in [-0.15, -0.1) is 0 Å². The van der Waals surface area contributed by atoms with Crippen LogP contribution in [0.1, 0.15) is 18.4 Å². The molecule has 0 aliphatic rings. The van der Waals surface area contributed by atoms with Crippen LogP contribution in [0.4, 0.5) is 10.5 Å². The van der Waals surface area contributed by atoms with E-state index >= 15 is 0 Å². The Balaban J connectivity index is 2.45. The summed E-state index contributed by atoms with van der Waals surface area (Å²) in [5.74, 6) is -1.56. The van der Waals surface area contributed by atoms with E-state index in [9.17, 15) is 19.2 Å². The average molecular weight is 509 g/mol. The van der Waals surface area contributed by atoms with Gasteiger partial charge in [0.2, 0.25) is 17.7 Å². The van der Waals surface area contributed by atoms with Crippen LogP contribution < -0.4 is 27.0 Å². The Bertz CT molecular complexity index is 891. The fraction of sp³-hybridized carbons (Fsp3) is 0.524. The topological polar surface area (TPSA) is 230 Å². The van der Waals surface area contributed by atoms with E-state index in [2.05, 4.69) is 31.3 Å². The molecule has 15 nitrogen and oxygen atoms in total. The average Bonchev–Trinajstić information content (AvgIpc) is 2.85. The number of urea groups is 1. The van der Waals surface area contributed by atoms with Gasteiger partial charge in [-0.3, -0.25) is 14.4 Å². The van der Waals surface area contributed by atoms with Crippen molar-refractivity contribution in [1.82, 2.24) is 16.0 Å². The third-order valence-electron chi connectivity index (χ3n) is 4.46. The summed E-state index contributed by atoms with van der Waals surface area (Å²) in [5.41, 5.74) is 14.3. The first-order valence-electron chi connectivity index (χ1n) is 11.1. The highest BCUT2D eigenvalue weighted by molar-refractivity contribution is 5.97. The molecule has 7 N–H and O–H groups in total. The van der Waals surface area contributed by atoms with Crippen molar-refractivity contribution in [3.05, 3.63) is 40.3 Å². The number of benzene rings is 1. The largest absolute Gasteiger partial charge is 0.392 e. The molecule has 0 aromatic heterocycles. The lowest BCUT2D eigenvalue weighted by Gasteiger charge is -2.19. The number of nitrogens with zero attached hydrogens (tertiary/aromatic N) is 3. The number of primary amides is 1. The first-order valence-corrected chi connectivity index (χ1v) is 11.1. The summed E-state index contributed by atoms with van der Waals surface area (Å²) in [7, 11) is 0. The van der Waals surface area contributed by atoms with Gasteiger partial charge < -0.3 is 41.6 Å². The van der Waals surface area contributed by atoms with Crippen molar-refractivity contribution in [2.75, 3.05) is 51.4 Å². The first-order chi connectivity index (χ1) is 17.3. The van der Waals surface area contributed by atoms with Crippen molar-refractivity contribution in [3.8, 4) is 0 Å². The number of rotatable bonds is 18. The number of nitrogens with two attached hydrogens (primary N) is 1. The highest BCUT2D eigenvalue weighted by Crippen LogP contribution is 2.11. The van der Waals surface area contributed by atoms with E-state index in [1.807, 2.05) is 0 Å². The minimum Gasteiger partial charge on any atom is -0.392 e. The Morgan fingerprint density at radius 3 is 2.42 bits per heavy atom. The fourth-order valence-electron chi connectivity index (χ4n) is 2.75. The first kappa shape index (κ1) is 30.1. The van der Waals surface area contributed by atoms with Gasteiger partial charge in [0.25, 0.3) is 0 Å². The molecular formula is C21H32N8O7. The normalized spacial score (nSPS) is 11.0. The Morgan fingerprint density at radius 1 is 1.03 bits per heavy atom. The van der Waals surface area contributed by atoms with Crippen LogP contribution in [-0.4, -0.2) is 81.0 Å². The van der Waals surface area contributed by atoms with Gasteiger partial charge in [-0.05, 0) is 36.1 Å². The van der Waals surface area contributed by atoms with Gasteiger partial charge in [-0.25, -0.2) is 4.79 Å². The van der Waals surface area contributed by atoms with Crippen LogP contribution in [0.2, 0.25) is 0 Å². The van der Waals surface area contributed by atoms with E-state index in [4.69, 9.17) is 25.8 Å². The third-order valence-corrected chi connectivity index (χ3v) is 4.46. The molecule has 0 aliphatic carbocycles. The minimum atomic E-state index is -0.940. The molecule has 0 aliphatic heterocycles. The van der Waals surface area contributed by atoms with E-state index in [0.717, 1.165) is 0 Å². The Morgan fingerprint density at radius 2 is 1.75 bits per heavy atom. The summed E-state index contributed by atoms with van der Waals surface area (Å²) >= 11 is 0. The molecule has 1 atom stereocenters. The number of aliphatic hydroxyl groups is 1. The SMILES string of the molecule is [N-]=[N+]=NCCOCCNC(=O)COCC(=O)N[C@@H](CCCNC(N)=O)C(=O)Nc1ccc(CO)cc1. The molecule has 1 aromatic rings. The molecule has 1 rings (SSSR count). The van der Waals surface area contributed by atoms with Crippen molar-refractivity contribution in [2.45, 2.75) is 25.5 Å². The summed E-state index contributed by atoms with van der Waals surface area (Å²) < 4.78 is 10.2. The van der Waals surface area contributed by atoms with Crippen molar-refractivity contribution in [2.24, 2.45) is 10.8 Å². The molecule has 0 heterocycles. The fourth-order valence-corrected chi connectivity index (χ4v) is 2.75. The molecule has 36 heavy (non-hydrogen) atoms. The van der Waals surface area contributed by atoms with E-state index in [0.29, 0.717) is 17.7 Å². The van der Waals surface area contributed by atoms with Crippen molar-refractivity contribution < 1.29 is 33.8 Å². The second kappa shape index (κ2) is 18.4. The van der Waals surface area contributed by atoms with Crippen LogP contribution in [-0.2, 0) is 30.5 Å². The van der Waals surface area contributed by atoms with Crippen molar-refractivity contribution >= 4 is 29.4 Å². The molecule has 0 saturated heterocycles. The number of azide groups is 1. The summed E-state index contributed by atoms with van der Waals surface area (Å²) in [5, 5.41) is 22.6. The van der Waals surface area contributed by atoms with E-state index < -0.39 is 36.4 Å². The Kier molecular flexibility index (Phi) is 15.4. The molecule has 0 fully saturated rings. The molecule has 0 unspecified atom stereocenters. The van der Waals surface area contributed by atoms with Crippen LogP contribution in [0.15, 0.2) is 29.4 Å². The maximum absolute atomic E-state index is 12.7. The van der Waals surface area contributed by atoms with Crippen molar-refractivity contribution in [3.63, 3.8) is 0 Å². The summed E-state index contributed by atoms with van der Waals surface area (Å²) in [6.07, 6.45) is 0.561. The number of aliphatic hydroxyl groups excluding tert-OH is 1. The zero-order valence-corrected chi connectivity index (χ0v) is 19.8. The Hall–Kier alpha value is -3.91. The zero-order valence-electron chi connectivity index (χ0n) is 19.8. The minimum absolute atomic E-state index is 0.134. The van der Waals surface area contributed by atoms with Gasteiger partial charge in [0.1, 0.15) is 19.3 Å². The number of anilines is 1. The number of amides is 5. The molecule has 0 spiro atoms. The van der Waals surface area contributed by atoms with Gasteiger partial charge in [-0.1, -0.05) is 17.2 Å². The lowest BCUT2D eigenvalue weighted by atomic mass is 10.1. The van der Waals surface area contributed by atoms with Gasteiger partial charge >= 0.3 is 6.03 Å². The van der Waals surface area contributed by atoms with Crippen LogP contribution in [0.5, 0.6) is 0 Å². The summed E-state index contributed by atoms with van der Waals surface area (Å²) in [4.78, 5) is 50.2. The molecule has 1 aromatic carbocycles. The van der Waals surface area contributed by atoms with Crippen LogP contribution in [0.25, 0.3) is 10.4 Å². The van der Waals surface area contributed by atoms with Gasteiger partial charge in [0.15, 0.2) is 0 Å². The second-order valence-corrected chi connectivity index (χ2v) is 7.31. The number of hydrogen-bond donors (Lipinski definition) is 6. The molecule has 5 amide bonds. The maximum Gasteiger partial charge on any atom is 0.312 e. The molecule has 0 saturated carbocycles. The Labute approximate surface area is 207 Å². The number of carbonyl (C=O) groups is 4. The van der Waals surface area contributed by atoms with Gasteiger partial charge in [0.05, 0.1) is 19.8 Å². The van der Waals surface area contributed by atoms with Crippen LogP contribution >= 0.6 is 0 Å². The zero-order chi connectivity index (χ0) is 26.6. The standard InChI is InChI=1S/C21H32N8O7/c22-21(34)25-7-1-2-17(20(33)27-16-5-3-15(12-30)4-6-16)28-19(32)14-36-13-18(31)24-8-10-35-11-9-26-29-23/h3-6,17,30H,1-2,7-14H2,(H,24,31)(H,27,33)(H,28,32)(H3,22,25,34)/t17-/m0/s1. The third kappa shape index (κ3) is 14.4. The highest BCUT2D eigenvalue weighted by atomic mass is 16.5. The van der Waals surface area contributed by atoms with E-state index in [1.165, 1.54) is 0 Å². The number of ether oxygens (including phenoxy) is 2. The molecule has 198 valence electrons. The van der Waals surface area contributed by atoms with Gasteiger partial charge in [0, 0.05) is 30.2 Å². The number of hydrogen-bond acceptors (Lipinski definition) is 8. The predicted molar refractivity (Wildman–Crippen MR) is 128 cm³/mol. The quantitative estimate of drug-likeness (QED) is 0.0658. The smallest absolute Gasteiger partial charge is 0.312 e. The predicted octanol–water partition coefficient (Wildman–Crippen LogP) is -0.490. The second-order valence-electron chi connectivity index (χ2n) is 7.31. The van der Waals surface area contributed by atoms with Gasteiger partial charge in [-0.2, -0.15) is 0 Å². The van der Waals surface area contributed by atoms with Crippen LogP contribution in [0, 0.1) is 0 Å². The summed E-state index contributed by atoms with van der Waals surface area (Å²) in [6, 6.07) is 4.89.